The molecule has 0 aliphatic carbocycles. The predicted octanol–water partition coefficient (Wildman–Crippen LogP) is 5.33. The highest BCUT2D eigenvalue weighted by Gasteiger charge is 2.38. The first-order chi connectivity index (χ1) is 13.4. The number of pyridine rings is 1. The summed E-state index contributed by atoms with van der Waals surface area (Å²) in [6.07, 6.45) is -8.34. The summed E-state index contributed by atoms with van der Waals surface area (Å²) in [6.45, 7) is 3.54. The number of para-hydroxylation sites is 1. The number of aliphatic hydroxyl groups is 1. The summed E-state index contributed by atoms with van der Waals surface area (Å²) in [5.74, 6) is 0.573. The Labute approximate surface area is 161 Å². The number of halogens is 6. The Hall–Kier alpha value is -2.62. The molecule has 3 rings (SSSR count). The van der Waals surface area contributed by atoms with Gasteiger partial charge >= 0.3 is 12.4 Å². The van der Waals surface area contributed by atoms with Crippen LogP contribution in [0.1, 0.15) is 48.5 Å². The van der Waals surface area contributed by atoms with Gasteiger partial charge in [-0.15, -0.1) is 0 Å². The molecule has 10 heteroatoms. The van der Waals surface area contributed by atoms with Gasteiger partial charge in [0.05, 0.1) is 23.7 Å². The number of hydrogen-bond acceptors (Lipinski definition) is 3. The highest BCUT2D eigenvalue weighted by molar-refractivity contribution is 5.86. The van der Waals surface area contributed by atoms with E-state index in [1.54, 1.807) is 10.8 Å². The first kappa shape index (κ1) is 21.1. The lowest BCUT2D eigenvalue weighted by molar-refractivity contribution is -0.142. The Morgan fingerprint density at radius 1 is 1.07 bits per heavy atom. The number of aromatic nitrogens is 3. The molecule has 0 radical (unpaired) electrons. The summed E-state index contributed by atoms with van der Waals surface area (Å²) >= 11 is 0. The maximum absolute atomic E-state index is 13.3. The Morgan fingerprint density at radius 2 is 1.76 bits per heavy atom. The molecular weight excluding hydrogens is 400 g/mol. The highest BCUT2D eigenvalue weighted by Crippen LogP contribution is 2.39. The topological polar surface area (TPSA) is 50.9 Å². The van der Waals surface area contributed by atoms with Gasteiger partial charge < -0.3 is 9.67 Å². The molecule has 3 aromatic rings. The number of benzene rings is 1. The zero-order valence-corrected chi connectivity index (χ0v) is 15.4. The number of nitrogens with zero attached hydrogens (tertiary/aromatic N) is 3. The molecule has 0 spiro atoms. The van der Waals surface area contributed by atoms with Crippen molar-refractivity contribution in [1.82, 2.24) is 14.5 Å². The van der Waals surface area contributed by atoms with E-state index < -0.39 is 35.2 Å². The van der Waals surface area contributed by atoms with Gasteiger partial charge in [0.25, 0.3) is 0 Å². The standard InChI is InChI=1S/C19H17F6N3O/c1-10(2)17-26-6-7-28(17)9-14(29)12-8-15(19(23,24)25)27-16-11(12)4-3-5-13(16)18(20,21)22/h3-8,10,14,29H,9H2,1-2H3. The summed E-state index contributed by atoms with van der Waals surface area (Å²) in [5.41, 5.74) is -3.92. The van der Waals surface area contributed by atoms with Crippen molar-refractivity contribution in [2.24, 2.45) is 0 Å². The van der Waals surface area contributed by atoms with Crippen LogP contribution in [-0.4, -0.2) is 19.6 Å². The van der Waals surface area contributed by atoms with Crippen LogP contribution in [0.25, 0.3) is 10.9 Å². The van der Waals surface area contributed by atoms with Gasteiger partial charge in [-0.25, -0.2) is 9.97 Å². The summed E-state index contributed by atoms with van der Waals surface area (Å²) in [6, 6.07) is 3.55. The molecule has 0 amide bonds. The first-order valence-electron chi connectivity index (χ1n) is 8.66. The van der Waals surface area contributed by atoms with Crippen molar-refractivity contribution in [3.05, 3.63) is 59.3 Å². The van der Waals surface area contributed by atoms with E-state index in [-0.39, 0.29) is 23.4 Å². The largest absolute Gasteiger partial charge is 0.433 e. The predicted molar refractivity (Wildman–Crippen MR) is 93.0 cm³/mol. The van der Waals surface area contributed by atoms with Crippen molar-refractivity contribution in [3.8, 4) is 0 Å². The Bertz CT molecular complexity index is 1020. The lowest BCUT2D eigenvalue weighted by Gasteiger charge is -2.20. The van der Waals surface area contributed by atoms with E-state index in [0.717, 1.165) is 6.07 Å². The third kappa shape index (κ3) is 4.21. The fourth-order valence-corrected chi connectivity index (χ4v) is 3.18. The van der Waals surface area contributed by atoms with E-state index in [9.17, 15) is 31.4 Å². The van der Waals surface area contributed by atoms with E-state index in [2.05, 4.69) is 9.97 Å². The van der Waals surface area contributed by atoms with E-state index in [1.165, 1.54) is 12.3 Å². The molecule has 0 aliphatic rings. The smallest absolute Gasteiger partial charge is 0.387 e. The monoisotopic (exact) mass is 417 g/mol. The van der Waals surface area contributed by atoms with Crippen LogP contribution in [0, 0.1) is 0 Å². The lowest BCUT2D eigenvalue weighted by Crippen LogP contribution is -2.16. The molecule has 1 aromatic carbocycles. The van der Waals surface area contributed by atoms with Gasteiger partial charge in [-0.3, -0.25) is 0 Å². The average Bonchev–Trinajstić information content (AvgIpc) is 3.06. The van der Waals surface area contributed by atoms with Crippen LogP contribution in [0.3, 0.4) is 0 Å². The molecular formula is C19H17F6N3O. The summed E-state index contributed by atoms with van der Waals surface area (Å²) in [5, 5.41) is 10.5. The normalized spacial score (nSPS) is 14.0. The Balaban J connectivity index is 2.19. The van der Waals surface area contributed by atoms with Gasteiger partial charge in [0, 0.05) is 23.7 Å². The molecule has 2 aromatic heterocycles. The molecule has 0 fully saturated rings. The third-order valence-corrected chi connectivity index (χ3v) is 4.46. The molecule has 0 saturated carbocycles. The third-order valence-electron chi connectivity index (χ3n) is 4.46. The summed E-state index contributed by atoms with van der Waals surface area (Å²) in [4.78, 5) is 7.36. The lowest BCUT2D eigenvalue weighted by atomic mass is 9.99. The minimum Gasteiger partial charge on any atom is -0.387 e. The second kappa shape index (κ2) is 7.33. The zero-order valence-electron chi connectivity index (χ0n) is 15.4. The molecule has 1 unspecified atom stereocenters. The number of imidazole rings is 1. The van der Waals surface area contributed by atoms with Crippen LogP contribution in [-0.2, 0) is 18.9 Å². The first-order valence-corrected chi connectivity index (χ1v) is 8.66. The van der Waals surface area contributed by atoms with Crippen molar-refractivity contribution in [2.75, 3.05) is 0 Å². The van der Waals surface area contributed by atoms with Gasteiger partial charge in [-0.1, -0.05) is 26.0 Å². The van der Waals surface area contributed by atoms with E-state index in [4.69, 9.17) is 0 Å². The van der Waals surface area contributed by atoms with Crippen LogP contribution < -0.4 is 0 Å². The maximum Gasteiger partial charge on any atom is 0.433 e. The molecule has 1 N–H and O–H groups in total. The van der Waals surface area contributed by atoms with Crippen LogP contribution in [0.2, 0.25) is 0 Å². The number of aliphatic hydroxyl groups excluding tert-OH is 1. The van der Waals surface area contributed by atoms with Crippen LogP contribution in [0.4, 0.5) is 26.3 Å². The van der Waals surface area contributed by atoms with E-state index in [0.29, 0.717) is 18.0 Å². The number of hydrogen-bond donors (Lipinski definition) is 1. The van der Waals surface area contributed by atoms with Crippen LogP contribution >= 0.6 is 0 Å². The Kier molecular flexibility index (Phi) is 5.33. The van der Waals surface area contributed by atoms with Gasteiger partial charge in [-0.2, -0.15) is 26.3 Å². The quantitative estimate of drug-likeness (QED) is 0.584. The molecule has 2 heterocycles. The van der Waals surface area contributed by atoms with Crippen molar-refractivity contribution in [1.29, 1.82) is 0 Å². The summed E-state index contributed by atoms with van der Waals surface area (Å²) in [7, 11) is 0. The minimum absolute atomic E-state index is 0.0195. The van der Waals surface area contributed by atoms with E-state index in [1.807, 2.05) is 13.8 Å². The fourth-order valence-electron chi connectivity index (χ4n) is 3.18. The zero-order chi connectivity index (χ0) is 21.6. The SMILES string of the molecule is CC(C)c1nccn1CC(O)c1cc(C(F)(F)F)nc2c(C(F)(F)F)cccc12. The fraction of sp³-hybridized carbons (Fsp3) is 0.368. The molecule has 1 atom stereocenters. The molecule has 29 heavy (non-hydrogen) atoms. The Morgan fingerprint density at radius 3 is 2.34 bits per heavy atom. The number of alkyl halides is 6. The van der Waals surface area contributed by atoms with Gasteiger partial charge in [0.2, 0.25) is 0 Å². The van der Waals surface area contributed by atoms with Gasteiger partial charge in [-0.05, 0) is 17.7 Å². The molecule has 4 nitrogen and oxygen atoms in total. The number of fused-ring (bicyclic) bond motifs is 1. The van der Waals surface area contributed by atoms with Gasteiger partial charge in [0.1, 0.15) is 11.5 Å². The van der Waals surface area contributed by atoms with Gasteiger partial charge in [0.15, 0.2) is 0 Å². The summed E-state index contributed by atoms with van der Waals surface area (Å²) < 4.78 is 81.4. The average molecular weight is 417 g/mol. The second-order valence-corrected chi connectivity index (χ2v) is 6.90. The maximum atomic E-state index is 13.3. The molecule has 156 valence electrons. The van der Waals surface area contributed by atoms with Crippen molar-refractivity contribution in [2.45, 2.75) is 44.8 Å². The van der Waals surface area contributed by atoms with Crippen molar-refractivity contribution >= 4 is 10.9 Å². The number of rotatable bonds is 4. The highest BCUT2D eigenvalue weighted by atomic mass is 19.4. The van der Waals surface area contributed by atoms with Crippen molar-refractivity contribution < 1.29 is 31.4 Å². The van der Waals surface area contributed by atoms with Crippen molar-refractivity contribution in [3.63, 3.8) is 0 Å². The molecule has 0 saturated heterocycles. The second-order valence-electron chi connectivity index (χ2n) is 6.90. The molecule has 0 bridgehead atoms. The minimum atomic E-state index is -4.97. The molecule has 0 aliphatic heterocycles. The van der Waals surface area contributed by atoms with Crippen LogP contribution in [0.5, 0.6) is 0 Å². The van der Waals surface area contributed by atoms with E-state index >= 15 is 0 Å². The van der Waals surface area contributed by atoms with Crippen LogP contribution in [0.15, 0.2) is 36.7 Å².